The zero-order valence-electron chi connectivity index (χ0n) is 9.50. The average Bonchev–Trinajstić information content (AvgIpc) is 2.78. The second-order valence-corrected chi connectivity index (χ2v) is 4.31. The number of nitrogens with zero attached hydrogens (tertiary/aromatic N) is 1. The number of pyridine rings is 1. The van der Waals surface area contributed by atoms with Gasteiger partial charge in [-0.25, -0.2) is 0 Å². The fourth-order valence-electron chi connectivity index (χ4n) is 2.07. The molecule has 1 aliphatic carbocycles. The van der Waals surface area contributed by atoms with Gasteiger partial charge in [0, 0.05) is 30.8 Å². The minimum Gasteiger partial charge on any atom is -0.396 e. The van der Waals surface area contributed by atoms with Crippen LogP contribution >= 0.6 is 0 Å². The van der Waals surface area contributed by atoms with Gasteiger partial charge in [-0.2, -0.15) is 0 Å². The fraction of sp³-hybridized carbons (Fsp3) is 0.462. The van der Waals surface area contributed by atoms with Crippen molar-refractivity contribution in [2.75, 3.05) is 6.61 Å². The zero-order chi connectivity index (χ0) is 11.4. The Kier molecular flexibility index (Phi) is 3.70. The van der Waals surface area contributed by atoms with E-state index in [1.165, 1.54) is 0 Å². The molecule has 3 heteroatoms. The van der Waals surface area contributed by atoms with E-state index in [1.807, 2.05) is 24.4 Å². The Morgan fingerprint density at radius 3 is 3.00 bits per heavy atom. The maximum Gasteiger partial charge on any atom is 0.0570 e. The Hall–Kier alpha value is -1.19. The first-order chi connectivity index (χ1) is 7.79. The third-order valence-corrected chi connectivity index (χ3v) is 3.00. The van der Waals surface area contributed by atoms with Crippen LogP contribution in [0, 0.1) is 5.92 Å². The predicted octanol–water partition coefficient (Wildman–Crippen LogP) is 1.67. The van der Waals surface area contributed by atoms with E-state index in [1.54, 1.807) is 0 Å². The zero-order valence-corrected chi connectivity index (χ0v) is 9.50. The molecule has 1 aromatic rings. The van der Waals surface area contributed by atoms with Crippen LogP contribution in [0.25, 0.3) is 0 Å². The number of aliphatic hydroxyl groups is 1. The number of hydrogen-bond acceptors (Lipinski definition) is 3. The van der Waals surface area contributed by atoms with E-state index >= 15 is 0 Å². The molecule has 3 nitrogen and oxygen atoms in total. The molecule has 2 rings (SSSR count). The maximum atomic E-state index is 9.04. The summed E-state index contributed by atoms with van der Waals surface area (Å²) in [7, 11) is 0. The topological polar surface area (TPSA) is 45.1 Å². The van der Waals surface area contributed by atoms with Gasteiger partial charge < -0.3 is 10.4 Å². The van der Waals surface area contributed by atoms with Crippen LogP contribution in [0.3, 0.4) is 0 Å². The molecule has 0 bridgehead atoms. The predicted molar refractivity (Wildman–Crippen MR) is 63.9 cm³/mol. The fourth-order valence-corrected chi connectivity index (χ4v) is 2.07. The van der Waals surface area contributed by atoms with Gasteiger partial charge in [0.2, 0.25) is 0 Å². The van der Waals surface area contributed by atoms with Crippen LogP contribution in [0.2, 0.25) is 0 Å². The second kappa shape index (κ2) is 5.23. The van der Waals surface area contributed by atoms with Gasteiger partial charge in [0.25, 0.3) is 0 Å². The van der Waals surface area contributed by atoms with Crippen molar-refractivity contribution in [3.05, 3.63) is 42.2 Å². The largest absolute Gasteiger partial charge is 0.396 e. The highest BCUT2D eigenvalue weighted by molar-refractivity contribution is 5.11. The third kappa shape index (κ3) is 2.68. The van der Waals surface area contributed by atoms with E-state index in [9.17, 15) is 0 Å². The highest BCUT2D eigenvalue weighted by atomic mass is 16.3. The standard InChI is InChI=1S/C13H18N2O/c1-10(13-4-2-3-7-14-13)15-12-6-5-11(8-12)9-16/h2-7,10-12,15-16H,8-9H2,1H3/t10-,11+,12-/m1/s1. The molecule has 0 saturated carbocycles. The molecule has 1 heterocycles. The lowest BCUT2D eigenvalue weighted by molar-refractivity contribution is 0.245. The first kappa shape index (κ1) is 11.3. The SMILES string of the molecule is C[C@@H](N[C@@H]1C=C[C@H](CO)C1)c1ccccn1. The first-order valence-electron chi connectivity index (χ1n) is 5.75. The highest BCUT2D eigenvalue weighted by Crippen LogP contribution is 2.20. The molecule has 0 radical (unpaired) electrons. The van der Waals surface area contributed by atoms with Crippen LogP contribution in [0.4, 0.5) is 0 Å². The molecule has 2 N–H and O–H groups in total. The van der Waals surface area contributed by atoms with Crippen molar-refractivity contribution >= 4 is 0 Å². The maximum absolute atomic E-state index is 9.04. The quantitative estimate of drug-likeness (QED) is 0.756. The summed E-state index contributed by atoms with van der Waals surface area (Å²) in [5, 5.41) is 12.5. The Balaban J connectivity index is 1.89. The summed E-state index contributed by atoms with van der Waals surface area (Å²) in [5.74, 6) is 0.313. The van der Waals surface area contributed by atoms with E-state index in [0.717, 1.165) is 12.1 Å². The Morgan fingerprint density at radius 1 is 1.50 bits per heavy atom. The van der Waals surface area contributed by atoms with Gasteiger partial charge in [-0.15, -0.1) is 0 Å². The average molecular weight is 218 g/mol. The molecule has 0 aliphatic heterocycles. The van der Waals surface area contributed by atoms with Gasteiger partial charge in [0.15, 0.2) is 0 Å². The normalized spacial score (nSPS) is 25.9. The van der Waals surface area contributed by atoms with Gasteiger partial charge in [-0.3, -0.25) is 4.98 Å². The van der Waals surface area contributed by atoms with Crippen molar-refractivity contribution in [2.45, 2.75) is 25.4 Å². The van der Waals surface area contributed by atoms with Crippen LogP contribution in [0.15, 0.2) is 36.5 Å². The number of aromatic nitrogens is 1. The van der Waals surface area contributed by atoms with Crippen LogP contribution in [0.1, 0.15) is 25.1 Å². The molecule has 0 saturated heterocycles. The Morgan fingerprint density at radius 2 is 2.38 bits per heavy atom. The molecule has 86 valence electrons. The van der Waals surface area contributed by atoms with E-state index in [0.29, 0.717) is 12.0 Å². The Bertz CT molecular complexity index is 350. The summed E-state index contributed by atoms with van der Waals surface area (Å²) < 4.78 is 0. The minimum absolute atomic E-state index is 0.243. The van der Waals surface area contributed by atoms with Crippen molar-refractivity contribution in [1.82, 2.24) is 10.3 Å². The number of hydrogen-bond donors (Lipinski definition) is 2. The van der Waals surface area contributed by atoms with Crippen LogP contribution in [-0.4, -0.2) is 22.7 Å². The molecule has 1 aromatic heterocycles. The molecule has 0 spiro atoms. The summed E-state index contributed by atoms with van der Waals surface area (Å²) in [6.45, 7) is 2.36. The van der Waals surface area contributed by atoms with Gasteiger partial charge in [0.05, 0.1) is 5.69 Å². The lowest BCUT2D eigenvalue weighted by atomic mass is 10.1. The molecular weight excluding hydrogens is 200 g/mol. The monoisotopic (exact) mass is 218 g/mol. The molecule has 0 fully saturated rings. The summed E-state index contributed by atoms with van der Waals surface area (Å²) >= 11 is 0. The molecule has 3 atom stereocenters. The Labute approximate surface area is 96.2 Å². The molecule has 0 unspecified atom stereocenters. The molecule has 0 aromatic carbocycles. The summed E-state index contributed by atoms with van der Waals surface area (Å²) in [6.07, 6.45) is 7.02. The van der Waals surface area contributed by atoms with Gasteiger partial charge in [-0.1, -0.05) is 18.2 Å². The summed E-state index contributed by atoms with van der Waals surface area (Å²) in [4.78, 5) is 4.32. The van der Waals surface area contributed by atoms with Crippen LogP contribution < -0.4 is 5.32 Å². The number of aliphatic hydroxyl groups excluding tert-OH is 1. The first-order valence-corrected chi connectivity index (χ1v) is 5.75. The number of rotatable bonds is 4. The number of nitrogens with one attached hydrogen (secondary N) is 1. The van der Waals surface area contributed by atoms with Crippen molar-refractivity contribution in [3.63, 3.8) is 0 Å². The highest BCUT2D eigenvalue weighted by Gasteiger charge is 2.20. The van der Waals surface area contributed by atoms with E-state index in [-0.39, 0.29) is 12.6 Å². The van der Waals surface area contributed by atoms with Crippen molar-refractivity contribution in [3.8, 4) is 0 Å². The smallest absolute Gasteiger partial charge is 0.0570 e. The molecule has 16 heavy (non-hydrogen) atoms. The lowest BCUT2D eigenvalue weighted by Crippen LogP contribution is -2.29. The lowest BCUT2D eigenvalue weighted by Gasteiger charge is -2.18. The van der Waals surface area contributed by atoms with Crippen LogP contribution in [-0.2, 0) is 0 Å². The molecular formula is C13H18N2O. The van der Waals surface area contributed by atoms with Gasteiger partial charge in [-0.05, 0) is 25.5 Å². The van der Waals surface area contributed by atoms with E-state index in [2.05, 4.69) is 29.4 Å². The van der Waals surface area contributed by atoms with Crippen molar-refractivity contribution in [1.29, 1.82) is 0 Å². The van der Waals surface area contributed by atoms with E-state index < -0.39 is 0 Å². The minimum atomic E-state index is 0.243. The third-order valence-electron chi connectivity index (χ3n) is 3.00. The van der Waals surface area contributed by atoms with Crippen molar-refractivity contribution < 1.29 is 5.11 Å². The van der Waals surface area contributed by atoms with Gasteiger partial charge >= 0.3 is 0 Å². The van der Waals surface area contributed by atoms with E-state index in [4.69, 9.17) is 5.11 Å². The second-order valence-electron chi connectivity index (χ2n) is 4.31. The molecule has 0 amide bonds. The summed E-state index contributed by atoms with van der Waals surface area (Å²) in [5.41, 5.74) is 1.06. The molecule has 1 aliphatic rings. The van der Waals surface area contributed by atoms with Crippen LogP contribution in [0.5, 0.6) is 0 Å². The van der Waals surface area contributed by atoms with Gasteiger partial charge in [0.1, 0.15) is 0 Å². The van der Waals surface area contributed by atoms with Crippen molar-refractivity contribution in [2.24, 2.45) is 5.92 Å². The summed E-state index contributed by atoms with van der Waals surface area (Å²) in [6, 6.07) is 6.55.